The van der Waals surface area contributed by atoms with Gasteiger partial charge in [-0.05, 0) is 33.3 Å². The molecular weight excluding hydrogens is 576 g/mol. The predicted molar refractivity (Wildman–Crippen MR) is 147 cm³/mol. The Hall–Kier alpha value is -2.06. The largest absolute Gasteiger partial charge is 0.469 e. The third kappa shape index (κ3) is 2.96. The van der Waals surface area contributed by atoms with Gasteiger partial charge < -0.3 is 48.5 Å². The first-order chi connectivity index (χ1) is 20.7. The summed E-state index contributed by atoms with van der Waals surface area (Å²) in [5.74, 6) is -2.73. The summed E-state index contributed by atoms with van der Waals surface area (Å²) in [6.45, 7) is 10.8. The molecule has 12 nitrogen and oxygen atoms in total. The van der Waals surface area contributed by atoms with Gasteiger partial charge in [-0.2, -0.15) is 0 Å². The normalized spacial score (nSPS) is 59.2. The minimum absolute atomic E-state index is 0.0288. The van der Waals surface area contributed by atoms with E-state index in [1.807, 2.05) is 20.8 Å². The van der Waals surface area contributed by atoms with Crippen LogP contribution in [0.2, 0.25) is 0 Å². The summed E-state index contributed by atoms with van der Waals surface area (Å²) in [4.78, 5) is 25.7. The second-order valence-corrected chi connectivity index (χ2v) is 15.0. The van der Waals surface area contributed by atoms with Crippen molar-refractivity contribution in [1.29, 1.82) is 0 Å². The van der Waals surface area contributed by atoms with Gasteiger partial charge in [0.1, 0.15) is 23.4 Å². The van der Waals surface area contributed by atoms with Gasteiger partial charge in [-0.25, -0.2) is 4.79 Å². The SMILES string of the molecule is C/C=C(\C)C(=O)O[C@H]1C[C@@H](OC(C)=O)[C@@]2(C)CO[C@H]3[C@@H](O)[C@@](C)([C@]45O[C@@]4(C)[C@@H]4C[C@H]5O[C@@H]5OC=C[C@@]54O)[C@@H]4[C@@H](O)OC[C@@]14[C@@H]32. The van der Waals surface area contributed by atoms with Gasteiger partial charge in [0, 0.05) is 52.9 Å². The number of allylic oxidation sites excluding steroid dienone is 1. The average Bonchev–Trinajstić information content (AvgIpc) is 3.33. The van der Waals surface area contributed by atoms with Crippen molar-refractivity contribution in [3.63, 3.8) is 0 Å². The molecule has 242 valence electrons. The van der Waals surface area contributed by atoms with Gasteiger partial charge in [0.05, 0.1) is 37.8 Å². The molecule has 12 heteroatoms. The van der Waals surface area contributed by atoms with Crippen molar-refractivity contribution in [2.45, 2.75) is 114 Å². The van der Waals surface area contributed by atoms with Crippen LogP contribution in [0.15, 0.2) is 24.0 Å². The van der Waals surface area contributed by atoms with Gasteiger partial charge in [0.2, 0.25) is 6.29 Å². The van der Waals surface area contributed by atoms with Crippen LogP contribution in [0.4, 0.5) is 0 Å². The van der Waals surface area contributed by atoms with E-state index in [4.69, 9.17) is 33.2 Å². The molecule has 8 rings (SSSR count). The molecule has 0 aromatic rings. The maximum atomic E-state index is 13.4. The standard InChI is InChI=1S/C32H42O12/c1-7-14(2)24(35)42-18-11-17(41-15(3)33)27(4)12-39-20-21(27)30(18)13-40-25(36)22(30)28(5,23(20)34)32-19-10-16(29(32,6)44-32)31(37)8-9-38-26(31)43-19/h7-9,16-23,25-26,34,36-37H,10-13H2,1-6H3/b14-7+/t16-,17+,18-,19+,20+,21-,22-,23+,25-,26-,27+,28-,29-,30-,31-,32-/m0/s1. The summed E-state index contributed by atoms with van der Waals surface area (Å²) in [5.41, 5.74) is -6.22. The van der Waals surface area contributed by atoms with Crippen LogP contribution < -0.4 is 0 Å². The van der Waals surface area contributed by atoms with E-state index in [0.29, 0.717) is 12.0 Å². The molecule has 2 bridgehead atoms. The van der Waals surface area contributed by atoms with E-state index in [2.05, 4.69) is 0 Å². The Labute approximate surface area is 255 Å². The molecule has 1 spiro atoms. The molecule has 0 aromatic carbocycles. The summed E-state index contributed by atoms with van der Waals surface area (Å²) in [7, 11) is 0. The summed E-state index contributed by atoms with van der Waals surface area (Å²) in [6, 6.07) is 0. The lowest BCUT2D eigenvalue weighted by molar-refractivity contribution is -0.302. The van der Waals surface area contributed by atoms with Crippen LogP contribution in [0.25, 0.3) is 0 Å². The molecule has 4 saturated heterocycles. The number of rotatable bonds is 4. The Morgan fingerprint density at radius 3 is 2.45 bits per heavy atom. The van der Waals surface area contributed by atoms with Gasteiger partial charge >= 0.3 is 11.9 Å². The van der Waals surface area contributed by atoms with Crippen molar-refractivity contribution in [3.05, 3.63) is 24.0 Å². The molecule has 5 heterocycles. The Balaban J connectivity index is 1.30. The molecule has 7 fully saturated rings. The Morgan fingerprint density at radius 2 is 1.75 bits per heavy atom. The van der Waals surface area contributed by atoms with Crippen LogP contribution in [-0.4, -0.2) is 100 Å². The maximum Gasteiger partial charge on any atom is 0.333 e. The molecule has 3 saturated carbocycles. The first-order valence-electron chi connectivity index (χ1n) is 15.7. The van der Waals surface area contributed by atoms with E-state index in [1.165, 1.54) is 13.2 Å². The van der Waals surface area contributed by atoms with E-state index in [9.17, 15) is 24.9 Å². The van der Waals surface area contributed by atoms with E-state index < -0.39 is 106 Å². The summed E-state index contributed by atoms with van der Waals surface area (Å²) < 4.78 is 43.7. The van der Waals surface area contributed by atoms with Gasteiger partial charge in [-0.3, -0.25) is 4.79 Å². The fourth-order valence-electron chi connectivity index (χ4n) is 11.6. The van der Waals surface area contributed by atoms with Crippen LogP contribution >= 0.6 is 0 Å². The molecule has 8 aliphatic rings. The molecule has 16 atom stereocenters. The third-order valence-corrected chi connectivity index (χ3v) is 13.4. The monoisotopic (exact) mass is 618 g/mol. The van der Waals surface area contributed by atoms with E-state index >= 15 is 0 Å². The third-order valence-electron chi connectivity index (χ3n) is 13.4. The van der Waals surface area contributed by atoms with Gasteiger partial charge in [0.25, 0.3) is 0 Å². The average molecular weight is 619 g/mol. The molecule has 3 N–H and O–H groups in total. The van der Waals surface area contributed by atoms with Crippen molar-refractivity contribution < 1.29 is 58.1 Å². The zero-order chi connectivity index (χ0) is 31.4. The highest BCUT2D eigenvalue weighted by Gasteiger charge is 2.95. The van der Waals surface area contributed by atoms with Crippen molar-refractivity contribution in [2.24, 2.45) is 34.0 Å². The number of hydrogen-bond donors (Lipinski definition) is 3. The highest BCUT2D eigenvalue weighted by molar-refractivity contribution is 5.87. The number of epoxide rings is 1. The first kappa shape index (κ1) is 29.3. The van der Waals surface area contributed by atoms with Crippen LogP contribution in [0, 0.1) is 34.0 Å². The zero-order valence-electron chi connectivity index (χ0n) is 25.8. The molecule has 0 radical (unpaired) electrons. The minimum Gasteiger partial charge on any atom is -0.469 e. The van der Waals surface area contributed by atoms with Crippen molar-refractivity contribution in [1.82, 2.24) is 0 Å². The van der Waals surface area contributed by atoms with Crippen LogP contribution in [0.5, 0.6) is 0 Å². The quantitative estimate of drug-likeness (QED) is 0.234. The number of ether oxygens (including phenoxy) is 7. The van der Waals surface area contributed by atoms with Gasteiger partial charge in [-0.15, -0.1) is 0 Å². The van der Waals surface area contributed by atoms with E-state index in [0.717, 1.165) is 0 Å². The van der Waals surface area contributed by atoms with Crippen molar-refractivity contribution in [2.75, 3.05) is 13.2 Å². The zero-order valence-corrected chi connectivity index (χ0v) is 25.8. The number of aliphatic hydroxyl groups excluding tert-OH is 2. The lowest BCUT2D eigenvalue weighted by Gasteiger charge is -2.65. The van der Waals surface area contributed by atoms with Crippen LogP contribution in [-0.2, 0) is 42.7 Å². The van der Waals surface area contributed by atoms with Crippen LogP contribution in [0.1, 0.15) is 54.4 Å². The summed E-state index contributed by atoms with van der Waals surface area (Å²) in [6.07, 6.45) is -1.03. The molecular formula is C32H42O12. The minimum atomic E-state index is -1.42. The van der Waals surface area contributed by atoms with E-state index in [1.54, 1.807) is 26.0 Å². The Bertz CT molecular complexity index is 1380. The molecule has 0 unspecified atom stereocenters. The van der Waals surface area contributed by atoms with E-state index in [-0.39, 0.29) is 19.6 Å². The number of fused-ring (bicyclic) bond motifs is 7. The lowest BCUT2D eigenvalue weighted by atomic mass is 9.38. The first-order valence-corrected chi connectivity index (χ1v) is 15.7. The lowest BCUT2D eigenvalue weighted by Crippen LogP contribution is -2.76. The highest BCUT2D eigenvalue weighted by Crippen LogP contribution is 2.82. The maximum absolute atomic E-state index is 13.4. The molecule has 0 aromatic heterocycles. The predicted octanol–water partition coefficient (Wildman–Crippen LogP) is 1.10. The van der Waals surface area contributed by atoms with Crippen molar-refractivity contribution >= 4 is 11.9 Å². The fraction of sp³-hybridized carbons (Fsp3) is 0.812. The van der Waals surface area contributed by atoms with Gasteiger partial charge in [-0.1, -0.05) is 19.9 Å². The fourth-order valence-corrected chi connectivity index (χ4v) is 11.6. The Kier molecular flexibility index (Phi) is 5.76. The molecule has 44 heavy (non-hydrogen) atoms. The highest BCUT2D eigenvalue weighted by atomic mass is 16.7. The summed E-state index contributed by atoms with van der Waals surface area (Å²) >= 11 is 0. The number of esters is 2. The summed E-state index contributed by atoms with van der Waals surface area (Å²) in [5, 5.41) is 36.2. The van der Waals surface area contributed by atoms with Gasteiger partial charge in [0.15, 0.2) is 11.9 Å². The number of hydrogen-bond acceptors (Lipinski definition) is 12. The molecule has 5 aliphatic heterocycles. The van der Waals surface area contributed by atoms with Crippen molar-refractivity contribution in [3.8, 4) is 0 Å². The number of aliphatic hydroxyl groups is 3. The second-order valence-electron chi connectivity index (χ2n) is 15.0. The smallest absolute Gasteiger partial charge is 0.333 e. The van der Waals surface area contributed by atoms with Crippen LogP contribution in [0.3, 0.4) is 0 Å². The molecule has 3 aliphatic carbocycles. The molecule has 0 amide bonds. The topological polar surface area (TPSA) is 163 Å². The Morgan fingerprint density at radius 1 is 1.00 bits per heavy atom. The number of carbonyl (C=O) groups is 2. The number of carbonyl (C=O) groups excluding carboxylic acids is 2. The second kappa shape index (κ2) is 8.64.